The van der Waals surface area contributed by atoms with Gasteiger partial charge in [0, 0.05) is 23.4 Å². The first-order valence-corrected chi connectivity index (χ1v) is 6.00. The molecular weight excluding hydrogens is 268 g/mol. The molecule has 1 saturated heterocycles. The van der Waals surface area contributed by atoms with Gasteiger partial charge in [-0.3, -0.25) is 4.99 Å². The van der Waals surface area contributed by atoms with Crippen LogP contribution in [0.25, 0.3) is 0 Å². The second kappa shape index (κ2) is 4.55. The standard InChI is InChI=1S/C12H15BrN2O/c1-15-11(14)6-12(7-16-8-12)9-3-2-4-10(13)5-9/h2-5H,6-8H2,1H3,(H2,14,15). The molecule has 0 unspecified atom stereocenters. The molecule has 0 aromatic heterocycles. The quantitative estimate of drug-likeness (QED) is 0.682. The van der Waals surface area contributed by atoms with Gasteiger partial charge in [0.2, 0.25) is 0 Å². The van der Waals surface area contributed by atoms with Crippen molar-refractivity contribution >= 4 is 21.8 Å². The van der Waals surface area contributed by atoms with Gasteiger partial charge in [-0.25, -0.2) is 0 Å². The molecule has 0 spiro atoms. The Morgan fingerprint density at radius 2 is 2.31 bits per heavy atom. The number of benzene rings is 1. The van der Waals surface area contributed by atoms with Crippen LogP contribution in [0.5, 0.6) is 0 Å². The van der Waals surface area contributed by atoms with Crippen LogP contribution in [0.2, 0.25) is 0 Å². The van der Waals surface area contributed by atoms with Crippen LogP contribution >= 0.6 is 15.9 Å². The van der Waals surface area contributed by atoms with E-state index in [9.17, 15) is 0 Å². The van der Waals surface area contributed by atoms with Gasteiger partial charge in [-0.2, -0.15) is 0 Å². The first-order valence-electron chi connectivity index (χ1n) is 5.21. The Hall–Kier alpha value is -0.870. The van der Waals surface area contributed by atoms with Crippen LogP contribution in [-0.2, 0) is 10.2 Å². The Bertz CT molecular complexity index is 413. The van der Waals surface area contributed by atoms with E-state index in [0.29, 0.717) is 5.84 Å². The van der Waals surface area contributed by atoms with Crippen LogP contribution in [0.1, 0.15) is 12.0 Å². The normalized spacial score (nSPS) is 19.2. The van der Waals surface area contributed by atoms with E-state index in [1.807, 2.05) is 12.1 Å². The highest BCUT2D eigenvalue weighted by Gasteiger charge is 2.41. The van der Waals surface area contributed by atoms with Gasteiger partial charge in [-0.15, -0.1) is 0 Å². The summed E-state index contributed by atoms with van der Waals surface area (Å²) in [5.74, 6) is 0.684. The molecule has 1 aromatic carbocycles. The maximum absolute atomic E-state index is 5.83. The predicted molar refractivity (Wildman–Crippen MR) is 68.8 cm³/mol. The van der Waals surface area contributed by atoms with Crippen LogP contribution in [0, 0.1) is 0 Å². The Labute approximate surface area is 104 Å². The molecule has 16 heavy (non-hydrogen) atoms. The van der Waals surface area contributed by atoms with Crippen LogP contribution in [0.3, 0.4) is 0 Å². The highest BCUT2D eigenvalue weighted by molar-refractivity contribution is 9.10. The van der Waals surface area contributed by atoms with Crippen molar-refractivity contribution in [3.8, 4) is 0 Å². The minimum absolute atomic E-state index is 0.0212. The molecule has 0 amide bonds. The lowest BCUT2D eigenvalue weighted by Gasteiger charge is -2.42. The topological polar surface area (TPSA) is 47.6 Å². The Kier molecular flexibility index (Phi) is 3.30. The van der Waals surface area contributed by atoms with Gasteiger partial charge in [0.1, 0.15) is 0 Å². The van der Waals surface area contributed by atoms with Crippen molar-refractivity contribution in [3.05, 3.63) is 34.3 Å². The first-order chi connectivity index (χ1) is 7.66. The van der Waals surface area contributed by atoms with E-state index < -0.39 is 0 Å². The number of amidine groups is 1. The molecule has 0 radical (unpaired) electrons. The molecule has 2 N–H and O–H groups in total. The molecule has 1 aromatic rings. The fraction of sp³-hybridized carbons (Fsp3) is 0.417. The van der Waals surface area contributed by atoms with E-state index in [2.05, 4.69) is 33.1 Å². The third kappa shape index (κ3) is 2.13. The molecule has 1 aliphatic heterocycles. The van der Waals surface area contributed by atoms with Crippen molar-refractivity contribution in [2.75, 3.05) is 20.3 Å². The van der Waals surface area contributed by atoms with Gasteiger partial charge < -0.3 is 10.5 Å². The minimum atomic E-state index is 0.0212. The van der Waals surface area contributed by atoms with Crippen LogP contribution in [0.4, 0.5) is 0 Å². The SMILES string of the molecule is CN=C(N)CC1(c2cccc(Br)c2)COC1. The van der Waals surface area contributed by atoms with Crippen molar-refractivity contribution < 1.29 is 4.74 Å². The Balaban J connectivity index is 2.28. The lowest BCUT2D eigenvalue weighted by atomic mass is 9.75. The zero-order valence-electron chi connectivity index (χ0n) is 9.24. The van der Waals surface area contributed by atoms with Crippen molar-refractivity contribution in [1.82, 2.24) is 0 Å². The van der Waals surface area contributed by atoms with Crippen LogP contribution in [0.15, 0.2) is 33.7 Å². The van der Waals surface area contributed by atoms with Gasteiger partial charge in [0.15, 0.2) is 0 Å². The monoisotopic (exact) mass is 282 g/mol. The second-order valence-electron chi connectivity index (χ2n) is 4.18. The zero-order valence-corrected chi connectivity index (χ0v) is 10.8. The number of rotatable bonds is 3. The number of hydrogen-bond donors (Lipinski definition) is 1. The average Bonchev–Trinajstić information content (AvgIpc) is 2.23. The fourth-order valence-corrected chi connectivity index (χ4v) is 2.36. The molecule has 0 saturated carbocycles. The molecule has 86 valence electrons. The van der Waals surface area contributed by atoms with Gasteiger partial charge in [-0.1, -0.05) is 28.1 Å². The third-order valence-electron chi connectivity index (χ3n) is 3.00. The third-order valence-corrected chi connectivity index (χ3v) is 3.49. The van der Waals surface area contributed by atoms with E-state index >= 15 is 0 Å². The molecule has 1 aliphatic rings. The molecule has 3 nitrogen and oxygen atoms in total. The number of hydrogen-bond acceptors (Lipinski definition) is 2. The number of ether oxygens (including phenoxy) is 1. The molecular formula is C12H15BrN2O. The number of aliphatic imine (C=N–C) groups is 1. The summed E-state index contributed by atoms with van der Waals surface area (Å²) in [7, 11) is 1.73. The number of nitrogens with two attached hydrogens (primary N) is 1. The molecule has 0 atom stereocenters. The van der Waals surface area contributed by atoms with Gasteiger partial charge in [0.25, 0.3) is 0 Å². The van der Waals surface area contributed by atoms with Crippen LogP contribution in [-0.4, -0.2) is 26.1 Å². The predicted octanol–water partition coefficient (Wildman–Crippen LogP) is 2.09. The molecule has 0 aliphatic carbocycles. The molecule has 2 rings (SSSR count). The van der Waals surface area contributed by atoms with Crippen molar-refractivity contribution in [2.24, 2.45) is 10.7 Å². The fourth-order valence-electron chi connectivity index (χ4n) is 1.96. The minimum Gasteiger partial charge on any atom is -0.387 e. The summed E-state index contributed by atoms with van der Waals surface area (Å²) >= 11 is 3.49. The summed E-state index contributed by atoms with van der Waals surface area (Å²) in [5.41, 5.74) is 7.11. The van der Waals surface area contributed by atoms with E-state index in [0.717, 1.165) is 24.1 Å². The molecule has 0 bridgehead atoms. The van der Waals surface area contributed by atoms with E-state index in [4.69, 9.17) is 10.5 Å². The number of halogens is 1. The summed E-state index contributed by atoms with van der Waals surface area (Å²) in [6.45, 7) is 1.44. The average molecular weight is 283 g/mol. The summed E-state index contributed by atoms with van der Waals surface area (Å²) in [4.78, 5) is 4.03. The van der Waals surface area contributed by atoms with E-state index in [-0.39, 0.29) is 5.41 Å². The maximum Gasteiger partial charge on any atom is 0.0944 e. The van der Waals surface area contributed by atoms with Crippen molar-refractivity contribution in [1.29, 1.82) is 0 Å². The van der Waals surface area contributed by atoms with Gasteiger partial charge in [-0.05, 0) is 17.7 Å². The highest BCUT2D eigenvalue weighted by Crippen LogP contribution is 2.36. The highest BCUT2D eigenvalue weighted by atomic mass is 79.9. The Morgan fingerprint density at radius 1 is 1.56 bits per heavy atom. The van der Waals surface area contributed by atoms with Gasteiger partial charge >= 0.3 is 0 Å². The molecule has 1 fully saturated rings. The Morgan fingerprint density at radius 3 is 2.81 bits per heavy atom. The lowest BCUT2D eigenvalue weighted by Crippen LogP contribution is -2.49. The summed E-state index contributed by atoms with van der Waals surface area (Å²) < 4.78 is 6.44. The first kappa shape index (κ1) is 11.6. The molecule has 1 heterocycles. The summed E-state index contributed by atoms with van der Waals surface area (Å²) in [6.07, 6.45) is 0.764. The zero-order chi connectivity index (χ0) is 11.6. The van der Waals surface area contributed by atoms with Crippen molar-refractivity contribution in [2.45, 2.75) is 11.8 Å². The lowest BCUT2D eigenvalue weighted by molar-refractivity contribution is -0.0564. The van der Waals surface area contributed by atoms with Gasteiger partial charge in [0.05, 0.1) is 19.0 Å². The second-order valence-corrected chi connectivity index (χ2v) is 5.09. The number of nitrogens with zero attached hydrogens (tertiary/aromatic N) is 1. The van der Waals surface area contributed by atoms with Crippen molar-refractivity contribution in [3.63, 3.8) is 0 Å². The summed E-state index contributed by atoms with van der Waals surface area (Å²) in [6, 6.07) is 8.31. The smallest absolute Gasteiger partial charge is 0.0944 e. The largest absolute Gasteiger partial charge is 0.387 e. The molecule has 4 heteroatoms. The van der Waals surface area contributed by atoms with E-state index in [1.54, 1.807) is 7.05 Å². The van der Waals surface area contributed by atoms with Crippen LogP contribution < -0.4 is 5.73 Å². The summed E-state index contributed by atoms with van der Waals surface area (Å²) in [5, 5.41) is 0. The maximum atomic E-state index is 5.83. The van der Waals surface area contributed by atoms with E-state index in [1.165, 1.54) is 5.56 Å².